The molecule has 1 aliphatic rings. The summed E-state index contributed by atoms with van der Waals surface area (Å²) >= 11 is 0. The van der Waals surface area contributed by atoms with Gasteiger partial charge in [-0.3, -0.25) is 19.7 Å². The maximum atomic E-state index is 13.0. The largest absolute Gasteiger partial charge is 0.351 e. The number of nitrogens with zero attached hydrogens (tertiary/aromatic N) is 5. The van der Waals surface area contributed by atoms with Crippen LogP contribution < -0.4 is 5.32 Å². The molecule has 1 aromatic carbocycles. The van der Waals surface area contributed by atoms with Crippen LogP contribution in [0, 0.1) is 6.92 Å². The van der Waals surface area contributed by atoms with Crippen LogP contribution in [0.15, 0.2) is 67.1 Å². The van der Waals surface area contributed by atoms with E-state index in [9.17, 15) is 4.79 Å². The Hall–Kier alpha value is -3.58. The van der Waals surface area contributed by atoms with Gasteiger partial charge in [0.2, 0.25) is 5.91 Å². The van der Waals surface area contributed by atoms with Crippen molar-refractivity contribution in [3.05, 3.63) is 84.1 Å². The lowest BCUT2D eigenvalue weighted by atomic mass is 9.94. The molecular weight excluding hydrogens is 424 g/mol. The number of benzene rings is 1. The van der Waals surface area contributed by atoms with Crippen molar-refractivity contribution in [2.45, 2.75) is 45.2 Å². The van der Waals surface area contributed by atoms with Gasteiger partial charge in [0.25, 0.3) is 0 Å². The first-order valence-electron chi connectivity index (χ1n) is 11.8. The van der Waals surface area contributed by atoms with Crippen LogP contribution in [0.5, 0.6) is 0 Å². The van der Waals surface area contributed by atoms with Gasteiger partial charge < -0.3 is 5.32 Å². The maximum Gasteiger partial charge on any atom is 0.226 e. The van der Waals surface area contributed by atoms with Crippen molar-refractivity contribution in [1.82, 2.24) is 30.0 Å². The minimum absolute atomic E-state index is 0.000498. The number of rotatable bonds is 6. The molecule has 1 amide bonds. The lowest BCUT2D eigenvalue weighted by Crippen LogP contribution is -2.41. The molecule has 0 spiro atoms. The van der Waals surface area contributed by atoms with Gasteiger partial charge in [0.05, 0.1) is 35.7 Å². The zero-order valence-corrected chi connectivity index (χ0v) is 19.8. The average molecular weight is 455 g/mol. The molecule has 3 aromatic heterocycles. The van der Waals surface area contributed by atoms with Crippen LogP contribution in [0.25, 0.3) is 16.6 Å². The third-order valence-corrected chi connectivity index (χ3v) is 6.63. The number of amides is 1. The molecule has 7 nitrogen and oxygen atoms in total. The normalized spacial score (nSPS) is 18.6. The lowest BCUT2D eigenvalue weighted by Gasteiger charge is -2.20. The van der Waals surface area contributed by atoms with E-state index in [0.29, 0.717) is 6.04 Å². The fourth-order valence-electron chi connectivity index (χ4n) is 4.80. The number of nitrogens with one attached hydrogen (secondary N) is 1. The molecule has 2 atom stereocenters. The Labute approximate surface area is 199 Å². The molecule has 1 N–H and O–H groups in total. The van der Waals surface area contributed by atoms with Gasteiger partial charge in [-0.2, -0.15) is 5.10 Å². The molecule has 5 rings (SSSR count). The van der Waals surface area contributed by atoms with E-state index in [4.69, 9.17) is 0 Å². The van der Waals surface area contributed by atoms with E-state index in [1.807, 2.05) is 42.1 Å². The van der Waals surface area contributed by atoms with E-state index < -0.39 is 0 Å². The van der Waals surface area contributed by atoms with Crippen LogP contribution in [0.3, 0.4) is 0 Å². The standard InChI is InChI=1S/C27H30N6O/c1-18(2)32-16-24(20-7-5-4-6-8-20)25(17-32)31-27(34)13-22-12-21-14-30-33(26(21)15-29-22)23-9-10-28-19(3)11-23/h4-12,14-15,18,24-25H,13,16-17H2,1-3H3,(H,31,34)/t24-,25+/m1/s1. The number of aryl methyl sites for hydroxylation is 1. The molecule has 1 aliphatic heterocycles. The molecule has 174 valence electrons. The van der Waals surface area contributed by atoms with E-state index in [2.05, 4.69) is 63.4 Å². The first-order chi connectivity index (χ1) is 16.5. The summed E-state index contributed by atoms with van der Waals surface area (Å²) in [6, 6.07) is 16.9. The van der Waals surface area contributed by atoms with Crippen molar-refractivity contribution < 1.29 is 4.79 Å². The summed E-state index contributed by atoms with van der Waals surface area (Å²) in [6.07, 6.45) is 5.63. The maximum absolute atomic E-state index is 13.0. The van der Waals surface area contributed by atoms with Gasteiger partial charge in [0, 0.05) is 48.4 Å². The van der Waals surface area contributed by atoms with Crippen LogP contribution in [-0.4, -0.2) is 55.7 Å². The van der Waals surface area contributed by atoms with Gasteiger partial charge in [0.1, 0.15) is 0 Å². The van der Waals surface area contributed by atoms with Gasteiger partial charge >= 0.3 is 0 Å². The zero-order chi connectivity index (χ0) is 23.7. The first kappa shape index (κ1) is 22.2. The fourth-order valence-corrected chi connectivity index (χ4v) is 4.80. The molecule has 0 bridgehead atoms. The number of carbonyl (C=O) groups excluding carboxylic acids is 1. The molecule has 4 heterocycles. The zero-order valence-electron chi connectivity index (χ0n) is 19.8. The van der Waals surface area contributed by atoms with Gasteiger partial charge in [-0.1, -0.05) is 30.3 Å². The van der Waals surface area contributed by atoms with Gasteiger partial charge in [0.15, 0.2) is 0 Å². The Morgan fingerprint density at radius 3 is 2.68 bits per heavy atom. The molecular formula is C27H30N6O. The summed E-state index contributed by atoms with van der Waals surface area (Å²) in [7, 11) is 0. The smallest absolute Gasteiger partial charge is 0.226 e. The lowest BCUT2D eigenvalue weighted by molar-refractivity contribution is -0.121. The second kappa shape index (κ2) is 9.35. The van der Waals surface area contributed by atoms with Crippen molar-refractivity contribution in [2.24, 2.45) is 0 Å². The SMILES string of the molecule is Cc1cc(-n2ncc3cc(CC(=O)N[C@H]4CN(C(C)C)C[C@@H]4c4ccccc4)ncc32)ccn1. The van der Waals surface area contributed by atoms with Gasteiger partial charge in [-0.25, -0.2) is 4.68 Å². The van der Waals surface area contributed by atoms with Crippen LogP contribution in [0.1, 0.15) is 36.7 Å². The highest BCUT2D eigenvalue weighted by Gasteiger charge is 2.35. The predicted octanol–water partition coefficient (Wildman–Crippen LogP) is 3.66. The highest BCUT2D eigenvalue weighted by atomic mass is 16.1. The van der Waals surface area contributed by atoms with Crippen molar-refractivity contribution in [1.29, 1.82) is 0 Å². The minimum atomic E-state index is 0.000498. The number of likely N-dealkylation sites (tertiary alicyclic amines) is 1. The molecule has 0 aliphatic carbocycles. The Morgan fingerprint density at radius 1 is 1.09 bits per heavy atom. The molecule has 1 fully saturated rings. The van der Waals surface area contributed by atoms with Crippen LogP contribution in [-0.2, 0) is 11.2 Å². The van der Waals surface area contributed by atoms with Crippen LogP contribution >= 0.6 is 0 Å². The van der Waals surface area contributed by atoms with Crippen molar-refractivity contribution in [2.75, 3.05) is 13.1 Å². The summed E-state index contributed by atoms with van der Waals surface area (Å²) in [6.45, 7) is 8.17. The van der Waals surface area contributed by atoms with E-state index in [-0.39, 0.29) is 24.3 Å². The minimum Gasteiger partial charge on any atom is -0.351 e. The van der Waals surface area contributed by atoms with E-state index in [1.54, 1.807) is 12.4 Å². The molecule has 0 unspecified atom stereocenters. The summed E-state index contributed by atoms with van der Waals surface area (Å²) < 4.78 is 1.85. The van der Waals surface area contributed by atoms with E-state index in [1.165, 1.54) is 5.56 Å². The second-order valence-corrected chi connectivity index (χ2v) is 9.36. The van der Waals surface area contributed by atoms with E-state index in [0.717, 1.165) is 41.1 Å². The number of carbonyl (C=O) groups is 1. The number of hydrogen-bond acceptors (Lipinski definition) is 5. The monoisotopic (exact) mass is 454 g/mol. The second-order valence-electron chi connectivity index (χ2n) is 9.36. The Bertz CT molecular complexity index is 1300. The number of pyridine rings is 2. The first-order valence-corrected chi connectivity index (χ1v) is 11.8. The highest BCUT2D eigenvalue weighted by Crippen LogP contribution is 2.29. The summed E-state index contributed by atoms with van der Waals surface area (Å²) in [5.41, 5.74) is 4.79. The van der Waals surface area contributed by atoms with E-state index >= 15 is 0 Å². The number of hydrogen-bond donors (Lipinski definition) is 1. The molecule has 4 aromatic rings. The van der Waals surface area contributed by atoms with Crippen molar-refractivity contribution in [3.63, 3.8) is 0 Å². The predicted molar refractivity (Wildman–Crippen MR) is 133 cm³/mol. The average Bonchev–Trinajstić information content (AvgIpc) is 3.44. The number of fused-ring (bicyclic) bond motifs is 1. The fraction of sp³-hybridized carbons (Fsp3) is 0.333. The third-order valence-electron chi connectivity index (χ3n) is 6.63. The topological polar surface area (TPSA) is 75.9 Å². The summed E-state index contributed by atoms with van der Waals surface area (Å²) in [5, 5.41) is 8.78. The van der Waals surface area contributed by atoms with Crippen LogP contribution in [0.4, 0.5) is 0 Å². The highest BCUT2D eigenvalue weighted by molar-refractivity contribution is 5.83. The van der Waals surface area contributed by atoms with Crippen LogP contribution in [0.2, 0.25) is 0 Å². The quantitative estimate of drug-likeness (QED) is 0.481. The molecule has 34 heavy (non-hydrogen) atoms. The van der Waals surface area contributed by atoms with Crippen molar-refractivity contribution >= 4 is 16.8 Å². The Balaban J connectivity index is 1.31. The molecule has 7 heteroatoms. The summed E-state index contributed by atoms with van der Waals surface area (Å²) in [4.78, 5) is 24.3. The molecule has 0 saturated carbocycles. The van der Waals surface area contributed by atoms with Crippen molar-refractivity contribution in [3.8, 4) is 5.69 Å². The summed E-state index contributed by atoms with van der Waals surface area (Å²) in [5.74, 6) is 0.283. The molecule has 0 radical (unpaired) electrons. The Morgan fingerprint density at radius 2 is 1.91 bits per heavy atom. The van der Waals surface area contributed by atoms with Gasteiger partial charge in [-0.15, -0.1) is 0 Å². The number of aromatic nitrogens is 4. The van der Waals surface area contributed by atoms with Gasteiger partial charge in [-0.05, 0) is 44.5 Å². The molecule has 1 saturated heterocycles. The Kier molecular flexibility index (Phi) is 6.11. The third kappa shape index (κ3) is 4.56.